The maximum absolute atomic E-state index is 12.4. The molecule has 0 aliphatic carbocycles. The maximum atomic E-state index is 12.4. The van der Waals surface area contributed by atoms with Crippen LogP contribution < -0.4 is 5.32 Å². The van der Waals surface area contributed by atoms with Gasteiger partial charge in [0.05, 0.1) is 13.2 Å². The third-order valence-electron chi connectivity index (χ3n) is 9.46. The minimum Gasteiger partial charge on any atom is -0.395 e. The van der Waals surface area contributed by atoms with Gasteiger partial charge in [0.15, 0.2) is 0 Å². The first-order valence-corrected chi connectivity index (χ1v) is 20.3. The van der Waals surface area contributed by atoms with Crippen LogP contribution in [-0.2, 0) is 4.79 Å². The summed E-state index contributed by atoms with van der Waals surface area (Å²) in [6, 6.07) is 0. The Morgan fingerprint density at radius 3 is 1.05 bits per heavy atom. The summed E-state index contributed by atoms with van der Waals surface area (Å²) in [6.45, 7) is 7.46. The SMILES string of the molecule is CCCCCCCCCCCCCCCCCCNC(=O)CN(CCO)CCCCCCCCCCCCCCCCCC. The van der Waals surface area contributed by atoms with E-state index in [2.05, 4.69) is 24.1 Å². The minimum absolute atomic E-state index is 0.121. The van der Waals surface area contributed by atoms with Gasteiger partial charge >= 0.3 is 0 Å². The van der Waals surface area contributed by atoms with Crippen molar-refractivity contribution >= 4 is 5.91 Å². The van der Waals surface area contributed by atoms with Crippen LogP contribution in [0.5, 0.6) is 0 Å². The van der Waals surface area contributed by atoms with Crippen LogP contribution in [0.2, 0.25) is 0 Å². The Kier molecular flexibility index (Phi) is 38.0. The van der Waals surface area contributed by atoms with Crippen LogP contribution in [0.4, 0.5) is 0 Å². The van der Waals surface area contributed by atoms with Crippen molar-refractivity contribution in [3.8, 4) is 0 Å². The zero-order chi connectivity index (χ0) is 32.0. The second kappa shape index (κ2) is 38.6. The van der Waals surface area contributed by atoms with Gasteiger partial charge in [0.1, 0.15) is 0 Å². The summed E-state index contributed by atoms with van der Waals surface area (Å²) in [5.74, 6) is 0.121. The molecule has 0 rings (SSSR count). The highest BCUT2D eigenvalue weighted by molar-refractivity contribution is 5.77. The van der Waals surface area contributed by atoms with Gasteiger partial charge in [-0.1, -0.05) is 206 Å². The molecule has 0 aliphatic rings. The van der Waals surface area contributed by atoms with E-state index in [-0.39, 0.29) is 12.5 Å². The Bertz CT molecular complexity index is 541. The van der Waals surface area contributed by atoms with Crippen molar-refractivity contribution in [3.05, 3.63) is 0 Å². The first-order valence-electron chi connectivity index (χ1n) is 20.3. The van der Waals surface area contributed by atoms with E-state index in [1.54, 1.807) is 0 Å². The van der Waals surface area contributed by atoms with Gasteiger partial charge < -0.3 is 10.4 Å². The number of aliphatic hydroxyl groups excluding tert-OH is 1. The predicted octanol–water partition coefficient (Wildman–Crippen LogP) is 11.9. The number of carbonyl (C=O) groups is 1. The molecule has 0 heterocycles. The van der Waals surface area contributed by atoms with Gasteiger partial charge in [0, 0.05) is 13.1 Å². The van der Waals surface area contributed by atoms with Crippen molar-refractivity contribution in [1.29, 1.82) is 0 Å². The molecule has 44 heavy (non-hydrogen) atoms. The Labute approximate surface area is 277 Å². The molecule has 0 aromatic carbocycles. The number of unbranched alkanes of at least 4 members (excludes halogenated alkanes) is 30. The zero-order valence-electron chi connectivity index (χ0n) is 30.5. The highest BCUT2D eigenvalue weighted by atomic mass is 16.3. The Morgan fingerprint density at radius 1 is 0.432 bits per heavy atom. The standard InChI is InChI=1S/C40H82N2O2/c1-3-5-7-9-11-13-15-17-19-21-23-25-27-29-31-33-35-41-40(44)39-42(37-38-43)36-34-32-30-28-26-24-22-20-18-16-14-12-10-8-6-4-2/h43H,3-39H2,1-2H3,(H,41,44). The molecule has 4 heteroatoms. The van der Waals surface area contributed by atoms with Gasteiger partial charge in [-0.2, -0.15) is 0 Å². The van der Waals surface area contributed by atoms with Gasteiger partial charge in [0.2, 0.25) is 5.91 Å². The second-order valence-electron chi connectivity index (χ2n) is 14.0. The summed E-state index contributed by atoms with van der Waals surface area (Å²) in [5.41, 5.74) is 0. The zero-order valence-corrected chi connectivity index (χ0v) is 30.5. The van der Waals surface area contributed by atoms with Gasteiger partial charge in [-0.3, -0.25) is 9.69 Å². The van der Waals surface area contributed by atoms with E-state index < -0.39 is 0 Å². The van der Waals surface area contributed by atoms with Gasteiger partial charge in [-0.25, -0.2) is 0 Å². The highest BCUT2D eigenvalue weighted by Gasteiger charge is 2.09. The van der Waals surface area contributed by atoms with Crippen molar-refractivity contribution in [2.24, 2.45) is 0 Å². The molecule has 264 valence electrons. The largest absolute Gasteiger partial charge is 0.395 e. The summed E-state index contributed by atoms with van der Waals surface area (Å²) >= 11 is 0. The van der Waals surface area contributed by atoms with Crippen LogP contribution in [0, 0.1) is 0 Å². The van der Waals surface area contributed by atoms with Gasteiger partial charge in [0.25, 0.3) is 0 Å². The molecule has 0 bridgehead atoms. The number of aliphatic hydroxyl groups is 1. The lowest BCUT2D eigenvalue weighted by Crippen LogP contribution is -2.39. The van der Waals surface area contributed by atoms with Crippen molar-refractivity contribution in [1.82, 2.24) is 10.2 Å². The predicted molar refractivity (Wildman–Crippen MR) is 196 cm³/mol. The number of nitrogens with zero attached hydrogens (tertiary/aromatic N) is 1. The van der Waals surface area contributed by atoms with E-state index in [9.17, 15) is 9.90 Å². The molecule has 4 nitrogen and oxygen atoms in total. The molecular formula is C40H82N2O2. The molecule has 0 aliphatic heterocycles. The quantitative estimate of drug-likeness (QED) is 0.0673. The van der Waals surface area contributed by atoms with Crippen molar-refractivity contribution in [2.45, 2.75) is 219 Å². The fourth-order valence-electron chi connectivity index (χ4n) is 6.45. The van der Waals surface area contributed by atoms with E-state index in [0.717, 1.165) is 25.9 Å². The fourth-order valence-corrected chi connectivity index (χ4v) is 6.45. The van der Waals surface area contributed by atoms with E-state index in [0.29, 0.717) is 13.1 Å². The molecule has 1 amide bonds. The highest BCUT2D eigenvalue weighted by Crippen LogP contribution is 2.15. The van der Waals surface area contributed by atoms with E-state index in [4.69, 9.17) is 0 Å². The Morgan fingerprint density at radius 2 is 0.727 bits per heavy atom. The molecule has 0 atom stereocenters. The van der Waals surface area contributed by atoms with E-state index in [1.807, 2.05) is 0 Å². The summed E-state index contributed by atoms with van der Waals surface area (Å²) in [4.78, 5) is 14.6. The first-order chi connectivity index (χ1) is 21.7. The summed E-state index contributed by atoms with van der Waals surface area (Å²) in [5, 5.41) is 12.6. The molecular weight excluding hydrogens is 540 g/mol. The minimum atomic E-state index is 0.121. The number of rotatable bonds is 38. The average Bonchev–Trinajstić information content (AvgIpc) is 3.02. The van der Waals surface area contributed by atoms with Gasteiger partial charge in [-0.05, 0) is 19.4 Å². The maximum Gasteiger partial charge on any atom is 0.234 e. The third kappa shape index (κ3) is 35.9. The number of amides is 1. The lowest BCUT2D eigenvalue weighted by Gasteiger charge is -2.20. The summed E-state index contributed by atoms with van der Waals surface area (Å²) < 4.78 is 0. The number of hydrogen-bond acceptors (Lipinski definition) is 3. The number of carbonyl (C=O) groups excluding carboxylic acids is 1. The smallest absolute Gasteiger partial charge is 0.234 e. The molecule has 2 N–H and O–H groups in total. The van der Waals surface area contributed by atoms with Crippen molar-refractivity contribution in [2.75, 3.05) is 32.8 Å². The lowest BCUT2D eigenvalue weighted by atomic mass is 10.0. The summed E-state index contributed by atoms with van der Waals surface area (Å²) in [7, 11) is 0. The first kappa shape index (κ1) is 43.4. The molecule has 0 fully saturated rings. The average molecular weight is 623 g/mol. The van der Waals surface area contributed by atoms with Crippen molar-refractivity contribution in [3.63, 3.8) is 0 Å². The van der Waals surface area contributed by atoms with Crippen molar-refractivity contribution < 1.29 is 9.90 Å². The molecule has 0 saturated heterocycles. The molecule has 0 unspecified atom stereocenters. The van der Waals surface area contributed by atoms with Crippen LogP contribution in [0.1, 0.15) is 219 Å². The third-order valence-corrected chi connectivity index (χ3v) is 9.46. The van der Waals surface area contributed by atoms with Crippen LogP contribution in [-0.4, -0.2) is 48.7 Å². The molecule has 0 saturated carbocycles. The Hall–Kier alpha value is -0.610. The number of nitrogens with one attached hydrogen (secondary N) is 1. The molecule has 0 radical (unpaired) electrons. The monoisotopic (exact) mass is 623 g/mol. The Balaban J connectivity index is 3.47. The fraction of sp³-hybridized carbons (Fsp3) is 0.975. The second-order valence-corrected chi connectivity index (χ2v) is 14.0. The number of hydrogen-bond donors (Lipinski definition) is 2. The van der Waals surface area contributed by atoms with Crippen LogP contribution in [0.25, 0.3) is 0 Å². The van der Waals surface area contributed by atoms with Gasteiger partial charge in [-0.15, -0.1) is 0 Å². The topological polar surface area (TPSA) is 52.6 Å². The van der Waals surface area contributed by atoms with Crippen LogP contribution >= 0.6 is 0 Å². The van der Waals surface area contributed by atoms with Crippen LogP contribution in [0.3, 0.4) is 0 Å². The van der Waals surface area contributed by atoms with E-state index >= 15 is 0 Å². The van der Waals surface area contributed by atoms with E-state index in [1.165, 1.54) is 193 Å². The lowest BCUT2D eigenvalue weighted by molar-refractivity contribution is -0.122. The summed E-state index contributed by atoms with van der Waals surface area (Å²) in [6.07, 6.45) is 44.0. The molecule has 0 aromatic rings. The van der Waals surface area contributed by atoms with Crippen LogP contribution in [0.15, 0.2) is 0 Å². The normalized spacial score (nSPS) is 11.5. The molecule has 0 aromatic heterocycles. The molecule has 0 spiro atoms.